The summed E-state index contributed by atoms with van der Waals surface area (Å²) in [5.74, 6) is 0.886. The molecule has 0 saturated carbocycles. The molecule has 2 N–H and O–H groups in total. The van der Waals surface area contributed by atoms with Gasteiger partial charge in [-0.1, -0.05) is 19.1 Å². The molecule has 1 unspecified atom stereocenters. The first-order valence-corrected chi connectivity index (χ1v) is 7.16. The van der Waals surface area contributed by atoms with E-state index >= 15 is 0 Å². The zero-order valence-corrected chi connectivity index (χ0v) is 12.6. The fourth-order valence-electron chi connectivity index (χ4n) is 1.91. The monoisotopic (exact) mass is 292 g/mol. The minimum Gasteiger partial charge on any atom is -0.494 e. The van der Waals surface area contributed by atoms with Crippen molar-refractivity contribution in [2.45, 2.75) is 33.0 Å². The van der Waals surface area contributed by atoms with E-state index in [1.165, 1.54) is 0 Å². The van der Waals surface area contributed by atoms with E-state index in [0.29, 0.717) is 11.7 Å². The Morgan fingerprint density at radius 2 is 2.05 bits per heavy atom. The molecule has 1 aliphatic rings. The summed E-state index contributed by atoms with van der Waals surface area (Å²) in [5.41, 5.74) is 1.99. The van der Waals surface area contributed by atoms with Gasteiger partial charge in [0.2, 0.25) is 0 Å². The van der Waals surface area contributed by atoms with E-state index in [0.717, 1.165) is 29.9 Å². The summed E-state index contributed by atoms with van der Waals surface area (Å²) in [5, 5.41) is 13.0. The SMILES string of the molecule is CCCOc1ccc(CN2C=C(C)C(O)NC2=S)cc1. The van der Waals surface area contributed by atoms with Gasteiger partial charge in [0.15, 0.2) is 5.11 Å². The second kappa shape index (κ2) is 6.72. The third-order valence-electron chi connectivity index (χ3n) is 3.06. The Balaban J connectivity index is 2.01. The molecule has 0 amide bonds. The van der Waals surface area contributed by atoms with E-state index in [2.05, 4.69) is 12.2 Å². The van der Waals surface area contributed by atoms with Crippen LogP contribution in [0.2, 0.25) is 0 Å². The van der Waals surface area contributed by atoms with Crippen LogP contribution < -0.4 is 10.1 Å². The number of aliphatic hydroxyl groups excluding tert-OH is 1. The Labute approximate surface area is 125 Å². The molecule has 0 aromatic heterocycles. The number of aliphatic hydroxyl groups is 1. The highest BCUT2D eigenvalue weighted by molar-refractivity contribution is 7.80. The molecular formula is C15H20N2O2S. The highest BCUT2D eigenvalue weighted by Crippen LogP contribution is 2.16. The Hall–Kier alpha value is -1.59. The summed E-state index contributed by atoms with van der Waals surface area (Å²) in [6.45, 7) is 5.36. The average molecular weight is 292 g/mol. The predicted octanol–water partition coefficient (Wildman–Crippen LogP) is 2.39. The van der Waals surface area contributed by atoms with Crippen LogP contribution in [-0.2, 0) is 6.54 Å². The minimum atomic E-state index is -0.677. The summed E-state index contributed by atoms with van der Waals surface area (Å²) in [6, 6.07) is 8.00. The lowest BCUT2D eigenvalue weighted by Crippen LogP contribution is -2.46. The number of hydrogen-bond acceptors (Lipinski definition) is 3. The van der Waals surface area contributed by atoms with Crippen LogP contribution in [0, 0.1) is 0 Å². The van der Waals surface area contributed by atoms with Gasteiger partial charge >= 0.3 is 0 Å². The van der Waals surface area contributed by atoms with Crippen LogP contribution in [0.5, 0.6) is 5.75 Å². The average Bonchev–Trinajstić information content (AvgIpc) is 2.44. The molecule has 0 saturated heterocycles. The van der Waals surface area contributed by atoms with Crippen molar-refractivity contribution in [1.82, 2.24) is 10.2 Å². The molecule has 0 bridgehead atoms. The maximum Gasteiger partial charge on any atom is 0.175 e. The highest BCUT2D eigenvalue weighted by atomic mass is 32.1. The van der Waals surface area contributed by atoms with E-state index in [1.807, 2.05) is 42.3 Å². The number of rotatable bonds is 5. The topological polar surface area (TPSA) is 44.7 Å². The first-order valence-electron chi connectivity index (χ1n) is 6.75. The maximum absolute atomic E-state index is 9.64. The maximum atomic E-state index is 9.64. The molecule has 0 spiro atoms. The van der Waals surface area contributed by atoms with Gasteiger partial charge in [0, 0.05) is 12.7 Å². The smallest absolute Gasteiger partial charge is 0.175 e. The first-order chi connectivity index (χ1) is 9.60. The van der Waals surface area contributed by atoms with Crippen LogP contribution in [0.4, 0.5) is 0 Å². The first kappa shape index (κ1) is 14.8. The molecule has 1 aliphatic heterocycles. The number of thiocarbonyl (C=S) groups is 1. The predicted molar refractivity (Wildman–Crippen MR) is 83.3 cm³/mol. The quantitative estimate of drug-likeness (QED) is 0.816. The molecule has 0 aliphatic carbocycles. The fraction of sp³-hybridized carbons (Fsp3) is 0.400. The lowest BCUT2D eigenvalue weighted by molar-refractivity contribution is 0.183. The van der Waals surface area contributed by atoms with Gasteiger partial charge in [-0.05, 0) is 48.8 Å². The van der Waals surface area contributed by atoms with Gasteiger partial charge in [-0.3, -0.25) is 0 Å². The summed E-state index contributed by atoms with van der Waals surface area (Å²) in [6.07, 6.45) is 2.20. The molecule has 5 heteroatoms. The highest BCUT2D eigenvalue weighted by Gasteiger charge is 2.19. The van der Waals surface area contributed by atoms with Gasteiger partial charge < -0.3 is 20.1 Å². The van der Waals surface area contributed by atoms with Crippen LogP contribution in [0.25, 0.3) is 0 Å². The molecule has 1 aromatic carbocycles. The van der Waals surface area contributed by atoms with Crippen LogP contribution in [0.15, 0.2) is 36.0 Å². The fourth-order valence-corrected chi connectivity index (χ4v) is 2.14. The Kier molecular flexibility index (Phi) is 4.98. The molecule has 2 rings (SSSR count). The van der Waals surface area contributed by atoms with Crippen molar-refractivity contribution in [1.29, 1.82) is 0 Å². The van der Waals surface area contributed by atoms with Gasteiger partial charge in [0.1, 0.15) is 12.0 Å². The van der Waals surface area contributed by atoms with Crippen molar-refractivity contribution in [2.75, 3.05) is 6.61 Å². The molecule has 1 heterocycles. The van der Waals surface area contributed by atoms with Crippen LogP contribution in [-0.4, -0.2) is 28.0 Å². The minimum absolute atomic E-state index is 0.536. The summed E-state index contributed by atoms with van der Waals surface area (Å²) in [4.78, 5) is 1.92. The molecule has 4 nitrogen and oxygen atoms in total. The van der Waals surface area contributed by atoms with Crippen molar-refractivity contribution in [3.63, 3.8) is 0 Å². The second-order valence-electron chi connectivity index (χ2n) is 4.85. The van der Waals surface area contributed by atoms with Gasteiger partial charge in [-0.2, -0.15) is 0 Å². The van der Waals surface area contributed by atoms with E-state index in [-0.39, 0.29) is 0 Å². The van der Waals surface area contributed by atoms with Crippen molar-refractivity contribution < 1.29 is 9.84 Å². The molecular weight excluding hydrogens is 272 g/mol. The zero-order chi connectivity index (χ0) is 14.5. The van der Waals surface area contributed by atoms with Crippen molar-refractivity contribution in [3.05, 3.63) is 41.6 Å². The number of hydrogen-bond donors (Lipinski definition) is 2. The summed E-state index contributed by atoms with van der Waals surface area (Å²) >= 11 is 5.22. The normalized spacial score (nSPS) is 18.6. The molecule has 108 valence electrons. The lowest BCUT2D eigenvalue weighted by atomic mass is 10.2. The lowest BCUT2D eigenvalue weighted by Gasteiger charge is -2.30. The number of benzene rings is 1. The van der Waals surface area contributed by atoms with E-state index in [1.54, 1.807) is 0 Å². The second-order valence-corrected chi connectivity index (χ2v) is 5.23. The van der Waals surface area contributed by atoms with Gasteiger partial charge in [-0.15, -0.1) is 0 Å². The van der Waals surface area contributed by atoms with E-state index in [4.69, 9.17) is 17.0 Å². The number of nitrogens with zero attached hydrogens (tertiary/aromatic N) is 1. The van der Waals surface area contributed by atoms with Gasteiger partial charge in [0.25, 0.3) is 0 Å². The standard InChI is InChI=1S/C15H20N2O2S/c1-3-8-19-13-6-4-12(5-7-13)10-17-9-11(2)14(18)16-15(17)20/h4-7,9,14,18H,3,8,10H2,1-2H3,(H,16,20). The third-order valence-corrected chi connectivity index (χ3v) is 3.41. The van der Waals surface area contributed by atoms with Gasteiger partial charge in [0.05, 0.1) is 6.61 Å². The molecule has 20 heavy (non-hydrogen) atoms. The summed E-state index contributed by atoms with van der Waals surface area (Å²) < 4.78 is 5.56. The van der Waals surface area contributed by atoms with Crippen LogP contribution in [0.3, 0.4) is 0 Å². The Morgan fingerprint density at radius 1 is 1.35 bits per heavy atom. The van der Waals surface area contributed by atoms with E-state index < -0.39 is 6.23 Å². The molecule has 1 atom stereocenters. The molecule has 1 aromatic rings. The van der Waals surface area contributed by atoms with Gasteiger partial charge in [-0.25, -0.2) is 0 Å². The number of nitrogens with one attached hydrogen (secondary N) is 1. The number of ether oxygens (including phenoxy) is 1. The van der Waals surface area contributed by atoms with Crippen molar-refractivity contribution >= 4 is 17.3 Å². The Morgan fingerprint density at radius 3 is 2.70 bits per heavy atom. The van der Waals surface area contributed by atoms with Crippen LogP contribution in [0.1, 0.15) is 25.8 Å². The Bertz CT molecular complexity index is 499. The largest absolute Gasteiger partial charge is 0.494 e. The van der Waals surface area contributed by atoms with Crippen molar-refractivity contribution in [2.24, 2.45) is 0 Å². The zero-order valence-electron chi connectivity index (χ0n) is 11.8. The summed E-state index contributed by atoms with van der Waals surface area (Å²) in [7, 11) is 0. The van der Waals surface area contributed by atoms with Crippen molar-refractivity contribution in [3.8, 4) is 5.75 Å². The van der Waals surface area contributed by atoms with Crippen LogP contribution >= 0.6 is 12.2 Å². The third kappa shape index (κ3) is 3.71. The molecule has 0 fully saturated rings. The molecule has 0 radical (unpaired) electrons. The van der Waals surface area contributed by atoms with E-state index in [9.17, 15) is 5.11 Å².